The molecule has 0 N–H and O–H groups in total. The van der Waals surface area contributed by atoms with Gasteiger partial charge >= 0.3 is 0 Å². The Labute approximate surface area is 171 Å². The number of rotatable bonds is 6. The van der Waals surface area contributed by atoms with Crippen molar-refractivity contribution in [2.75, 3.05) is 0 Å². The molecule has 3 aromatic carbocycles. The van der Waals surface area contributed by atoms with Crippen LogP contribution in [0, 0.1) is 0 Å². The second kappa shape index (κ2) is 8.55. The molecule has 0 bridgehead atoms. The summed E-state index contributed by atoms with van der Waals surface area (Å²) in [5.41, 5.74) is 4.82. The van der Waals surface area contributed by atoms with E-state index in [2.05, 4.69) is 86.8 Å². The maximum Gasteiger partial charge on any atom is 0.276 e. The normalized spacial score (nSPS) is 10.9. The van der Waals surface area contributed by atoms with Crippen LogP contribution in [0.25, 0.3) is 11.1 Å². The van der Waals surface area contributed by atoms with Gasteiger partial charge in [0.15, 0.2) is 0 Å². The number of nitrogens with zero attached hydrogens (tertiary/aromatic N) is 2. The maximum absolute atomic E-state index is 5.78. The molecule has 0 radical (unpaired) electrons. The lowest BCUT2D eigenvalue weighted by atomic mass is 10.0. The fourth-order valence-electron chi connectivity index (χ4n) is 2.76. The summed E-state index contributed by atoms with van der Waals surface area (Å²) in [6.45, 7) is 0. The van der Waals surface area contributed by atoms with Gasteiger partial charge in [0.2, 0.25) is 5.89 Å². The van der Waals surface area contributed by atoms with Crippen LogP contribution in [0.1, 0.15) is 17.0 Å². The molecule has 0 aliphatic carbocycles. The number of benzene rings is 3. The van der Waals surface area contributed by atoms with Gasteiger partial charge in [0, 0.05) is 10.2 Å². The van der Waals surface area contributed by atoms with Gasteiger partial charge in [-0.1, -0.05) is 94.4 Å². The predicted octanol–water partition coefficient (Wildman–Crippen LogP) is 6.38. The summed E-state index contributed by atoms with van der Waals surface area (Å²) in [5, 5.41) is 8.93. The van der Waals surface area contributed by atoms with Crippen LogP contribution in [0.3, 0.4) is 0 Å². The smallest absolute Gasteiger partial charge is 0.276 e. The molecule has 0 unspecified atom stereocenters. The lowest BCUT2D eigenvalue weighted by Gasteiger charge is -2.04. The minimum atomic E-state index is 0.604. The first-order valence-corrected chi connectivity index (χ1v) is 10.4. The van der Waals surface area contributed by atoms with E-state index in [4.69, 9.17) is 4.42 Å². The van der Waals surface area contributed by atoms with Crippen LogP contribution in [-0.4, -0.2) is 10.2 Å². The monoisotopic (exact) mass is 436 g/mol. The largest absolute Gasteiger partial charge is 0.416 e. The molecule has 4 rings (SSSR count). The van der Waals surface area contributed by atoms with Crippen molar-refractivity contribution in [3.8, 4) is 11.1 Å². The number of hydrogen-bond donors (Lipinski definition) is 0. The zero-order chi connectivity index (χ0) is 18.5. The molecular formula is C22H17BrN2OS. The Balaban J connectivity index is 1.39. The zero-order valence-corrected chi connectivity index (χ0v) is 16.9. The highest BCUT2D eigenvalue weighted by molar-refractivity contribution is 9.10. The molecule has 3 nitrogen and oxygen atoms in total. The Bertz CT molecular complexity index is 1020. The van der Waals surface area contributed by atoms with Crippen molar-refractivity contribution in [2.45, 2.75) is 17.4 Å². The zero-order valence-electron chi connectivity index (χ0n) is 14.5. The highest BCUT2D eigenvalue weighted by Crippen LogP contribution is 2.26. The van der Waals surface area contributed by atoms with Crippen molar-refractivity contribution in [3.05, 3.63) is 100 Å². The summed E-state index contributed by atoms with van der Waals surface area (Å²) in [6.07, 6.45) is 0.643. The number of aromatic nitrogens is 2. The Hall–Kier alpha value is -2.37. The molecule has 0 saturated carbocycles. The second-order valence-electron chi connectivity index (χ2n) is 6.12. The van der Waals surface area contributed by atoms with Crippen molar-refractivity contribution in [1.29, 1.82) is 0 Å². The highest BCUT2D eigenvalue weighted by atomic mass is 79.9. The standard InChI is InChI=1S/C22H17BrN2OS/c23-20-11-9-16(10-12-20)14-21-24-25-22(26-21)27-15-17-5-4-8-19(13-17)18-6-2-1-3-7-18/h1-13H,14-15H2. The number of thioether (sulfide) groups is 1. The van der Waals surface area contributed by atoms with E-state index in [-0.39, 0.29) is 0 Å². The third kappa shape index (κ3) is 4.87. The van der Waals surface area contributed by atoms with E-state index in [1.54, 1.807) is 11.8 Å². The molecule has 134 valence electrons. The quantitative estimate of drug-likeness (QED) is 0.328. The average Bonchev–Trinajstić information content (AvgIpc) is 3.16. The fourth-order valence-corrected chi connectivity index (χ4v) is 3.75. The van der Waals surface area contributed by atoms with Crippen molar-refractivity contribution < 1.29 is 4.42 Å². The van der Waals surface area contributed by atoms with Gasteiger partial charge in [-0.2, -0.15) is 0 Å². The minimum absolute atomic E-state index is 0.604. The number of halogens is 1. The Morgan fingerprint density at radius 3 is 2.37 bits per heavy atom. The molecule has 0 fully saturated rings. The van der Waals surface area contributed by atoms with Gasteiger partial charge in [-0.25, -0.2) is 0 Å². The SMILES string of the molecule is Brc1ccc(Cc2nnc(SCc3cccc(-c4ccccc4)c3)o2)cc1. The first-order valence-electron chi connectivity index (χ1n) is 8.60. The molecule has 4 aromatic rings. The lowest BCUT2D eigenvalue weighted by molar-refractivity contribution is 0.420. The molecule has 0 aliphatic heterocycles. The average molecular weight is 437 g/mol. The molecular weight excluding hydrogens is 420 g/mol. The Kier molecular flexibility index (Phi) is 5.70. The summed E-state index contributed by atoms with van der Waals surface area (Å²) < 4.78 is 6.84. The van der Waals surface area contributed by atoms with E-state index in [1.165, 1.54) is 16.7 Å². The van der Waals surface area contributed by atoms with Crippen molar-refractivity contribution in [2.24, 2.45) is 0 Å². The predicted molar refractivity (Wildman–Crippen MR) is 113 cm³/mol. The first kappa shape index (κ1) is 18.0. The van der Waals surface area contributed by atoms with Gasteiger partial charge in [-0.05, 0) is 34.4 Å². The van der Waals surface area contributed by atoms with Crippen molar-refractivity contribution in [1.82, 2.24) is 10.2 Å². The van der Waals surface area contributed by atoms with Gasteiger partial charge in [0.25, 0.3) is 5.22 Å². The van der Waals surface area contributed by atoms with E-state index < -0.39 is 0 Å². The second-order valence-corrected chi connectivity index (χ2v) is 7.96. The van der Waals surface area contributed by atoms with Gasteiger partial charge in [-0.3, -0.25) is 0 Å². The molecule has 0 amide bonds. The van der Waals surface area contributed by atoms with Crippen LogP contribution < -0.4 is 0 Å². The van der Waals surface area contributed by atoms with Gasteiger partial charge in [0.1, 0.15) is 0 Å². The van der Waals surface area contributed by atoms with E-state index in [0.29, 0.717) is 17.5 Å². The summed E-state index contributed by atoms with van der Waals surface area (Å²) >= 11 is 5.01. The summed E-state index contributed by atoms with van der Waals surface area (Å²) in [7, 11) is 0. The van der Waals surface area contributed by atoms with Crippen molar-refractivity contribution in [3.63, 3.8) is 0 Å². The topological polar surface area (TPSA) is 38.9 Å². The summed E-state index contributed by atoms with van der Waals surface area (Å²) in [4.78, 5) is 0. The van der Waals surface area contributed by atoms with Crippen LogP contribution in [0.15, 0.2) is 93.0 Å². The van der Waals surface area contributed by atoms with E-state index in [1.807, 2.05) is 18.2 Å². The fraction of sp³-hybridized carbons (Fsp3) is 0.0909. The highest BCUT2D eigenvalue weighted by Gasteiger charge is 2.08. The van der Waals surface area contributed by atoms with Gasteiger partial charge < -0.3 is 4.42 Å². The Morgan fingerprint density at radius 1 is 0.778 bits per heavy atom. The van der Waals surface area contributed by atoms with Crippen LogP contribution in [0.4, 0.5) is 0 Å². The van der Waals surface area contributed by atoms with Gasteiger partial charge in [0.05, 0.1) is 6.42 Å². The van der Waals surface area contributed by atoms with E-state index in [0.717, 1.165) is 15.8 Å². The van der Waals surface area contributed by atoms with Crippen LogP contribution in [0.5, 0.6) is 0 Å². The molecule has 5 heteroatoms. The molecule has 1 aromatic heterocycles. The molecule has 1 heterocycles. The summed E-state index contributed by atoms with van der Waals surface area (Å²) in [5.74, 6) is 1.43. The van der Waals surface area contributed by atoms with Crippen LogP contribution >= 0.6 is 27.7 Å². The first-order chi connectivity index (χ1) is 13.3. The van der Waals surface area contributed by atoms with Gasteiger partial charge in [-0.15, -0.1) is 10.2 Å². The maximum atomic E-state index is 5.78. The van der Waals surface area contributed by atoms with E-state index in [9.17, 15) is 0 Å². The minimum Gasteiger partial charge on any atom is -0.416 e. The lowest BCUT2D eigenvalue weighted by Crippen LogP contribution is -1.87. The van der Waals surface area contributed by atoms with Crippen LogP contribution in [-0.2, 0) is 12.2 Å². The third-order valence-electron chi connectivity index (χ3n) is 4.11. The van der Waals surface area contributed by atoms with Crippen molar-refractivity contribution >= 4 is 27.7 Å². The number of hydrogen-bond acceptors (Lipinski definition) is 4. The molecule has 27 heavy (non-hydrogen) atoms. The van der Waals surface area contributed by atoms with Crippen LogP contribution in [0.2, 0.25) is 0 Å². The molecule has 0 spiro atoms. The third-order valence-corrected chi connectivity index (χ3v) is 5.53. The Morgan fingerprint density at radius 2 is 1.56 bits per heavy atom. The molecule has 0 atom stereocenters. The van der Waals surface area contributed by atoms with E-state index >= 15 is 0 Å². The summed E-state index contributed by atoms with van der Waals surface area (Å²) in [6, 6.07) is 27.1. The molecule has 0 saturated heterocycles. The molecule has 0 aliphatic rings.